The van der Waals surface area contributed by atoms with E-state index in [4.69, 9.17) is 4.98 Å². The van der Waals surface area contributed by atoms with Crippen molar-refractivity contribution in [2.75, 3.05) is 18.4 Å². The summed E-state index contributed by atoms with van der Waals surface area (Å²) >= 11 is 0. The lowest BCUT2D eigenvalue weighted by Crippen LogP contribution is -2.33. The molecule has 2 aromatic carbocycles. The van der Waals surface area contributed by atoms with E-state index < -0.39 is 4.92 Å². The summed E-state index contributed by atoms with van der Waals surface area (Å²) in [7, 11) is 0. The second-order valence-electron chi connectivity index (χ2n) is 8.60. The number of anilines is 1. The maximum Gasteiger partial charge on any atom is 0.269 e. The minimum absolute atomic E-state index is 0.0416. The fraction of sp³-hybridized carbons (Fsp3) is 0.417. The molecule has 168 valence electrons. The van der Waals surface area contributed by atoms with Gasteiger partial charge in [-0.05, 0) is 68.6 Å². The van der Waals surface area contributed by atoms with Crippen molar-refractivity contribution in [1.82, 2.24) is 14.5 Å². The van der Waals surface area contributed by atoms with E-state index in [1.165, 1.54) is 37.1 Å². The monoisotopic (exact) mass is 435 g/mol. The van der Waals surface area contributed by atoms with E-state index >= 15 is 0 Å². The maximum atomic E-state index is 12.6. The van der Waals surface area contributed by atoms with E-state index in [1.54, 1.807) is 0 Å². The molecule has 1 N–H and O–H groups in total. The van der Waals surface area contributed by atoms with Crippen LogP contribution in [0.1, 0.15) is 49.3 Å². The number of hydrogen-bond donors (Lipinski definition) is 1. The van der Waals surface area contributed by atoms with Gasteiger partial charge in [0, 0.05) is 29.9 Å². The molecule has 4 rings (SSSR count). The summed E-state index contributed by atoms with van der Waals surface area (Å²) in [6.07, 6.45) is 3.48. The molecule has 0 bridgehead atoms. The van der Waals surface area contributed by atoms with Crippen molar-refractivity contribution in [2.45, 2.75) is 46.2 Å². The Morgan fingerprint density at radius 3 is 2.56 bits per heavy atom. The molecule has 3 aromatic rings. The second kappa shape index (κ2) is 9.48. The number of non-ortho nitro benzene ring substituents is 1. The largest absolute Gasteiger partial charge is 0.327 e. The Morgan fingerprint density at radius 1 is 1.19 bits per heavy atom. The molecular formula is C24H29N5O3. The molecule has 8 nitrogen and oxygen atoms in total. The molecule has 0 atom stereocenters. The van der Waals surface area contributed by atoms with Crippen molar-refractivity contribution in [3.63, 3.8) is 0 Å². The zero-order valence-corrected chi connectivity index (χ0v) is 18.6. The smallest absolute Gasteiger partial charge is 0.269 e. The third-order valence-electron chi connectivity index (χ3n) is 6.11. The van der Waals surface area contributed by atoms with Gasteiger partial charge in [0.2, 0.25) is 0 Å². The van der Waals surface area contributed by atoms with Crippen LogP contribution in [-0.4, -0.2) is 38.4 Å². The van der Waals surface area contributed by atoms with Gasteiger partial charge in [-0.2, -0.15) is 0 Å². The number of nitro benzene ring substituents is 1. The van der Waals surface area contributed by atoms with Gasteiger partial charge in [0.25, 0.3) is 11.6 Å². The molecule has 1 saturated heterocycles. The van der Waals surface area contributed by atoms with Gasteiger partial charge in [0.05, 0.1) is 22.5 Å². The molecular weight excluding hydrogens is 406 g/mol. The first kappa shape index (κ1) is 22.0. The van der Waals surface area contributed by atoms with Crippen molar-refractivity contribution < 1.29 is 9.72 Å². The predicted molar refractivity (Wildman–Crippen MR) is 125 cm³/mol. The van der Waals surface area contributed by atoms with E-state index in [0.29, 0.717) is 11.3 Å². The minimum Gasteiger partial charge on any atom is -0.327 e. The predicted octanol–water partition coefficient (Wildman–Crippen LogP) is 4.84. The number of rotatable bonds is 7. The minimum atomic E-state index is -0.482. The Morgan fingerprint density at radius 2 is 1.91 bits per heavy atom. The van der Waals surface area contributed by atoms with Gasteiger partial charge < -0.3 is 9.88 Å². The van der Waals surface area contributed by atoms with E-state index in [0.717, 1.165) is 55.4 Å². The summed E-state index contributed by atoms with van der Waals surface area (Å²) in [5.41, 5.74) is 2.91. The Labute approximate surface area is 187 Å². The Balaban J connectivity index is 1.53. The van der Waals surface area contributed by atoms with Gasteiger partial charge in [0.15, 0.2) is 0 Å². The molecule has 0 aliphatic carbocycles. The number of amides is 1. The summed E-state index contributed by atoms with van der Waals surface area (Å²) < 4.78 is 2.29. The highest BCUT2D eigenvalue weighted by molar-refractivity contribution is 6.05. The normalized spacial score (nSPS) is 15.2. The van der Waals surface area contributed by atoms with E-state index in [-0.39, 0.29) is 11.6 Å². The van der Waals surface area contributed by atoms with Crippen LogP contribution in [0.25, 0.3) is 11.0 Å². The van der Waals surface area contributed by atoms with E-state index in [9.17, 15) is 14.9 Å². The maximum absolute atomic E-state index is 12.6. The van der Waals surface area contributed by atoms with Crippen molar-refractivity contribution in [3.8, 4) is 0 Å². The number of nitrogens with zero attached hydrogens (tertiary/aromatic N) is 4. The fourth-order valence-corrected chi connectivity index (χ4v) is 4.21. The standard InChI is InChI=1S/C24H29N5O3/c1-3-12-28-22-9-6-19(25-24(30)18-4-7-20(8-5-18)29(31)32)15-21(22)26-23(28)16-27-13-10-17(2)11-14-27/h4-9,15,17H,3,10-14,16H2,1-2H3,(H,25,30). The van der Waals surface area contributed by atoms with E-state index in [1.807, 2.05) is 18.2 Å². The van der Waals surface area contributed by atoms with Crippen LogP contribution < -0.4 is 5.32 Å². The lowest BCUT2D eigenvalue weighted by Gasteiger charge is -2.29. The molecule has 1 aliphatic heterocycles. The van der Waals surface area contributed by atoms with Crippen LogP contribution in [0, 0.1) is 16.0 Å². The number of nitro groups is 1. The molecule has 0 spiro atoms. The van der Waals surface area contributed by atoms with Gasteiger partial charge in [-0.25, -0.2) is 4.98 Å². The van der Waals surface area contributed by atoms with Crippen molar-refractivity contribution in [2.24, 2.45) is 5.92 Å². The highest BCUT2D eigenvalue weighted by Crippen LogP contribution is 2.24. The summed E-state index contributed by atoms with van der Waals surface area (Å²) in [5.74, 6) is 1.55. The summed E-state index contributed by atoms with van der Waals surface area (Å²) in [4.78, 5) is 30.3. The van der Waals surface area contributed by atoms with Crippen LogP contribution in [-0.2, 0) is 13.1 Å². The molecule has 32 heavy (non-hydrogen) atoms. The van der Waals surface area contributed by atoms with Crippen molar-refractivity contribution >= 4 is 28.3 Å². The molecule has 1 amide bonds. The first-order valence-corrected chi connectivity index (χ1v) is 11.2. The summed E-state index contributed by atoms with van der Waals surface area (Å²) in [5, 5.41) is 13.7. The van der Waals surface area contributed by atoms with Gasteiger partial charge in [-0.1, -0.05) is 13.8 Å². The lowest BCUT2D eigenvalue weighted by atomic mass is 9.99. The Kier molecular flexibility index (Phi) is 6.50. The van der Waals surface area contributed by atoms with Crippen LogP contribution >= 0.6 is 0 Å². The number of aryl methyl sites for hydroxylation is 1. The van der Waals surface area contributed by atoms with Crippen molar-refractivity contribution in [1.29, 1.82) is 0 Å². The molecule has 1 fully saturated rings. The summed E-state index contributed by atoms with van der Waals surface area (Å²) in [6.45, 7) is 8.43. The average molecular weight is 436 g/mol. The second-order valence-corrected chi connectivity index (χ2v) is 8.60. The van der Waals surface area contributed by atoms with Crippen LogP contribution in [0.4, 0.5) is 11.4 Å². The van der Waals surface area contributed by atoms with Gasteiger partial charge in [-0.15, -0.1) is 0 Å². The van der Waals surface area contributed by atoms with Crippen LogP contribution in [0.15, 0.2) is 42.5 Å². The number of aromatic nitrogens is 2. The zero-order valence-electron chi connectivity index (χ0n) is 18.6. The number of piperidine rings is 1. The highest BCUT2D eigenvalue weighted by atomic mass is 16.6. The number of imidazole rings is 1. The number of likely N-dealkylation sites (tertiary alicyclic amines) is 1. The van der Waals surface area contributed by atoms with Crippen molar-refractivity contribution in [3.05, 3.63) is 64.0 Å². The van der Waals surface area contributed by atoms with E-state index in [2.05, 4.69) is 28.6 Å². The molecule has 0 radical (unpaired) electrons. The number of hydrogen-bond acceptors (Lipinski definition) is 5. The lowest BCUT2D eigenvalue weighted by molar-refractivity contribution is -0.384. The molecule has 8 heteroatoms. The highest BCUT2D eigenvalue weighted by Gasteiger charge is 2.19. The molecule has 1 aliphatic rings. The third kappa shape index (κ3) is 4.80. The molecule has 0 unspecified atom stereocenters. The van der Waals surface area contributed by atoms with Gasteiger partial charge in [0.1, 0.15) is 5.82 Å². The van der Waals surface area contributed by atoms with Crippen LogP contribution in [0.3, 0.4) is 0 Å². The number of carbonyl (C=O) groups is 1. The van der Waals surface area contributed by atoms with Crippen LogP contribution in [0.5, 0.6) is 0 Å². The molecule has 0 saturated carbocycles. The van der Waals surface area contributed by atoms with Crippen LogP contribution in [0.2, 0.25) is 0 Å². The Bertz CT molecular complexity index is 1110. The zero-order chi connectivity index (χ0) is 22.7. The fourth-order valence-electron chi connectivity index (χ4n) is 4.21. The molecule has 2 heterocycles. The van der Waals surface area contributed by atoms with Gasteiger partial charge in [-0.3, -0.25) is 19.8 Å². The number of nitrogens with one attached hydrogen (secondary N) is 1. The quantitative estimate of drug-likeness (QED) is 0.423. The number of fused-ring (bicyclic) bond motifs is 1. The SMILES string of the molecule is CCCn1c(CN2CCC(C)CC2)nc2cc(NC(=O)c3ccc([N+](=O)[O-])cc3)ccc21. The summed E-state index contributed by atoms with van der Waals surface area (Å²) in [6, 6.07) is 11.4. The first-order chi connectivity index (χ1) is 15.4. The molecule has 1 aromatic heterocycles. The number of benzene rings is 2. The topological polar surface area (TPSA) is 93.3 Å². The van der Waals surface area contributed by atoms with Gasteiger partial charge >= 0.3 is 0 Å². The Hall–Kier alpha value is -3.26. The third-order valence-corrected chi connectivity index (χ3v) is 6.11. The average Bonchev–Trinajstić information content (AvgIpc) is 3.12. The first-order valence-electron chi connectivity index (χ1n) is 11.2. The number of carbonyl (C=O) groups excluding carboxylic acids is 1.